The highest BCUT2D eigenvalue weighted by molar-refractivity contribution is 5.84. The number of hydrogen-bond acceptors (Lipinski definition) is 4. The lowest BCUT2D eigenvalue weighted by Crippen LogP contribution is -2.42. The number of urea groups is 1. The Labute approximate surface area is 123 Å². The number of rotatable bonds is 4. The summed E-state index contributed by atoms with van der Waals surface area (Å²) in [5.41, 5.74) is -0.0925. The first-order valence-corrected chi connectivity index (χ1v) is 7.33. The summed E-state index contributed by atoms with van der Waals surface area (Å²) in [4.78, 5) is 24.6. The molecular formula is C13H21N5O3. The lowest BCUT2D eigenvalue weighted by atomic mass is 10.1. The molecule has 0 aliphatic carbocycles. The molecule has 0 unspecified atom stereocenters. The van der Waals surface area contributed by atoms with Crippen molar-refractivity contribution >= 4 is 12.0 Å². The summed E-state index contributed by atoms with van der Waals surface area (Å²) >= 11 is 0. The number of amides is 2. The van der Waals surface area contributed by atoms with Gasteiger partial charge in [-0.15, -0.1) is 5.10 Å². The Morgan fingerprint density at radius 3 is 2.48 bits per heavy atom. The van der Waals surface area contributed by atoms with Gasteiger partial charge in [0.15, 0.2) is 5.69 Å². The molecule has 0 spiro atoms. The third-order valence-electron chi connectivity index (χ3n) is 3.52. The molecule has 8 nitrogen and oxygen atoms in total. The van der Waals surface area contributed by atoms with Crippen molar-refractivity contribution in [3.05, 3.63) is 11.9 Å². The minimum absolute atomic E-state index is 0.0597. The van der Waals surface area contributed by atoms with Crippen LogP contribution in [-0.4, -0.2) is 56.6 Å². The van der Waals surface area contributed by atoms with Crippen molar-refractivity contribution in [1.82, 2.24) is 25.2 Å². The van der Waals surface area contributed by atoms with E-state index in [2.05, 4.69) is 15.6 Å². The molecule has 1 fully saturated rings. The maximum atomic E-state index is 12.0. The Bertz CT molecular complexity index is 480. The first kappa shape index (κ1) is 15.3. The molecule has 2 rings (SSSR count). The molecule has 0 bridgehead atoms. The van der Waals surface area contributed by atoms with Crippen molar-refractivity contribution < 1.29 is 14.7 Å². The van der Waals surface area contributed by atoms with E-state index in [1.54, 1.807) is 0 Å². The van der Waals surface area contributed by atoms with E-state index in [9.17, 15) is 9.59 Å². The first-order valence-electron chi connectivity index (χ1n) is 7.33. The van der Waals surface area contributed by atoms with E-state index in [1.165, 1.54) is 30.1 Å². The molecule has 0 saturated carbocycles. The van der Waals surface area contributed by atoms with Gasteiger partial charge in [-0.3, -0.25) is 0 Å². The van der Waals surface area contributed by atoms with Crippen LogP contribution in [-0.2, 0) is 6.54 Å². The highest BCUT2D eigenvalue weighted by Crippen LogP contribution is 2.10. The van der Waals surface area contributed by atoms with Gasteiger partial charge in [-0.05, 0) is 12.8 Å². The molecule has 1 aliphatic heterocycles. The smallest absolute Gasteiger partial charge is 0.358 e. The summed E-state index contributed by atoms with van der Waals surface area (Å²) < 4.78 is 1.41. The average molecular weight is 295 g/mol. The average Bonchev–Trinajstić information content (AvgIpc) is 2.87. The standard InChI is InChI=1S/C13H21N5O3/c19-12(20)11-10-18(16-15-11)9-6-14-13(21)17-7-4-2-1-3-5-8-17/h10H,1-9H2,(H,14,21)(H,19,20). The molecule has 8 heteroatoms. The van der Waals surface area contributed by atoms with E-state index >= 15 is 0 Å². The normalized spacial score (nSPS) is 16.1. The SMILES string of the molecule is O=C(O)c1cn(CCNC(=O)N2CCCCCCC2)nn1. The van der Waals surface area contributed by atoms with Crippen molar-refractivity contribution in [3.8, 4) is 0 Å². The summed E-state index contributed by atoms with van der Waals surface area (Å²) in [7, 11) is 0. The van der Waals surface area contributed by atoms with Crippen molar-refractivity contribution in [3.63, 3.8) is 0 Å². The van der Waals surface area contributed by atoms with Gasteiger partial charge in [0.2, 0.25) is 0 Å². The number of likely N-dealkylation sites (tertiary alicyclic amines) is 1. The lowest BCUT2D eigenvalue weighted by molar-refractivity contribution is 0.0690. The fourth-order valence-electron chi connectivity index (χ4n) is 2.35. The molecule has 1 aromatic heterocycles. The van der Waals surface area contributed by atoms with Gasteiger partial charge in [-0.1, -0.05) is 24.5 Å². The molecule has 1 aromatic rings. The number of carboxylic acids is 1. The Hall–Kier alpha value is -2.12. The zero-order chi connectivity index (χ0) is 15.1. The third-order valence-corrected chi connectivity index (χ3v) is 3.52. The molecule has 116 valence electrons. The van der Waals surface area contributed by atoms with E-state index < -0.39 is 5.97 Å². The molecule has 0 radical (unpaired) electrons. The van der Waals surface area contributed by atoms with Gasteiger partial charge in [-0.2, -0.15) is 0 Å². The monoisotopic (exact) mass is 295 g/mol. The zero-order valence-corrected chi connectivity index (χ0v) is 12.0. The van der Waals surface area contributed by atoms with Crippen LogP contribution in [0, 0.1) is 0 Å². The van der Waals surface area contributed by atoms with Crippen LogP contribution < -0.4 is 5.32 Å². The summed E-state index contributed by atoms with van der Waals surface area (Å²) in [6.45, 7) is 2.41. The Balaban J connectivity index is 1.73. The fourth-order valence-corrected chi connectivity index (χ4v) is 2.35. The maximum Gasteiger partial charge on any atom is 0.358 e. The van der Waals surface area contributed by atoms with E-state index in [-0.39, 0.29) is 11.7 Å². The summed E-state index contributed by atoms with van der Waals surface area (Å²) in [6, 6.07) is -0.0597. The third kappa shape index (κ3) is 4.73. The number of hydrogen-bond donors (Lipinski definition) is 2. The predicted octanol–water partition coefficient (Wildman–Crippen LogP) is 0.952. The predicted molar refractivity (Wildman–Crippen MR) is 75.0 cm³/mol. The molecular weight excluding hydrogens is 274 g/mol. The molecule has 0 aromatic carbocycles. The Morgan fingerprint density at radius 1 is 1.19 bits per heavy atom. The number of nitrogens with zero attached hydrogens (tertiary/aromatic N) is 4. The van der Waals surface area contributed by atoms with Crippen LogP contribution in [0.4, 0.5) is 4.79 Å². The van der Waals surface area contributed by atoms with E-state index in [4.69, 9.17) is 5.11 Å². The molecule has 21 heavy (non-hydrogen) atoms. The minimum Gasteiger partial charge on any atom is -0.476 e. The van der Waals surface area contributed by atoms with E-state index in [0.717, 1.165) is 25.9 Å². The molecule has 0 atom stereocenters. The maximum absolute atomic E-state index is 12.0. The van der Waals surface area contributed by atoms with Gasteiger partial charge in [0.05, 0.1) is 12.7 Å². The van der Waals surface area contributed by atoms with Crippen LogP contribution in [0.3, 0.4) is 0 Å². The first-order chi connectivity index (χ1) is 10.2. The van der Waals surface area contributed by atoms with Crippen LogP contribution in [0.1, 0.15) is 42.6 Å². The number of nitrogens with one attached hydrogen (secondary N) is 1. The van der Waals surface area contributed by atoms with Crippen molar-refractivity contribution in [2.45, 2.75) is 38.6 Å². The van der Waals surface area contributed by atoms with Gasteiger partial charge in [-0.25, -0.2) is 14.3 Å². The highest BCUT2D eigenvalue weighted by Gasteiger charge is 2.14. The van der Waals surface area contributed by atoms with Crippen molar-refractivity contribution in [2.24, 2.45) is 0 Å². The molecule has 2 amide bonds. The van der Waals surface area contributed by atoms with E-state index in [0.29, 0.717) is 13.1 Å². The Kier molecular flexibility index (Phi) is 5.53. The minimum atomic E-state index is -1.11. The zero-order valence-electron chi connectivity index (χ0n) is 12.0. The van der Waals surface area contributed by atoms with Gasteiger partial charge < -0.3 is 15.3 Å². The lowest BCUT2D eigenvalue weighted by Gasteiger charge is -2.25. The summed E-state index contributed by atoms with van der Waals surface area (Å²) in [5, 5.41) is 18.8. The summed E-state index contributed by atoms with van der Waals surface area (Å²) in [6.07, 6.45) is 7.08. The second-order valence-corrected chi connectivity index (χ2v) is 5.16. The quantitative estimate of drug-likeness (QED) is 0.861. The van der Waals surface area contributed by atoms with Crippen LogP contribution in [0.2, 0.25) is 0 Å². The van der Waals surface area contributed by atoms with Crippen LogP contribution in [0.25, 0.3) is 0 Å². The van der Waals surface area contributed by atoms with Gasteiger partial charge >= 0.3 is 12.0 Å². The number of carbonyl (C=O) groups excluding carboxylic acids is 1. The largest absolute Gasteiger partial charge is 0.476 e. The van der Waals surface area contributed by atoms with Crippen molar-refractivity contribution in [2.75, 3.05) is 19.6 Å². The number of aromatic nitrogens is 3. The van der Waals surface area contributed by atoms with Crippen molar-refractivity contribution in [1.29, 1.82) is 0 Å². The van der Waals surface area contributed by atoms with E-state index in [1.807, 2.05) is 4.90 Å². The summed E-state index contributed by atoms with van der Waals surface area (Å²) in [5.74, 6) is -1.11. The molecule has 2 heterocycles. The van der Waals surface area contributed by atoms with Crippen LogP contribution >= 0.6 is 0 Å². The van der Waals surface area contributed by atoms with Gasteiger partial charge in [0, 0.05) is 19.6 Å². The molecule has 1 saturated heterocycles. The number of aromatic carboxylic acids is 1. The topological polar surface area (TPSA) is 100 Å². The van der Waals surface area contributed by atoms with Gasteiger partial charge in [0.1, 0.15) is 0 Å². The fraction of sp³-hybridized carbons (Fsp3) is 0.692. The number of carboxylic acid groups (broad SMARTS) is 1. The van der Waals surface area contributed by atoms with Crippen LogP contribution in [0.15, 0.2) is 6.20 Å². The Morgan fingerprint density at radius 2 is 1.86 bits per heavy atom. The van der Waals surface area contributed by atoms with Crippen LogP contribution in [0.5, 0.6) is 0 Å². The second-order valence-electron chi connectivity index (χ2n) is 5.16. The molecule has 2 N–H and O–H groups in total. The highest BCUT2D eigenvalue weighted by atomic mass is 16.4. The molecule has 1 aliphatic rings. The number of carbonyl (C=O) groups is 2. The second kappa shape index (κ2) is 7.61. The van der Waals surface area contributed by atoms with Gasteiger partial charge in [0.25, 0.3) is 0 Å².